The maximum Gasteiger partial charge on any atom is 0.337 e. The van der Waals surface area contributed by atoms with Gasteiger partial charge in [-0.05, 0) is 54.6 Å². The number of anilines is 2. The molecule has 0 aliphatic carbocycles. The number of fused-ring (bicyclic) bond motifs is 1. The Morgan fingerprint density at radius 3 is 2.00 bits per heavy atom. The maximum atomic E-state index is 12.6. The Kier molecular flexibility index (Phi) is 4.96. The zero-order chi connectivity index (χ0) is 22.1. The minimum absolute atomic E-state index is 0.113. The van der Waals surface area contributed by atoms with Crippen LogP contribution in [-0.4, -0.2) is 35.9 Å². The second-order valence-electron chi connectivity index (χ2n) is 6.72. The van der Waals surface area contributed by atoms with Crippen molar-refractivity contribution in [2.75, 3.05) is 17.3 Å². The lowest BCUT2D eigenvalue weighted by Gasteiger charge is -2.14. The number of phenolic OH excluding ortho intramolecular Hbond substituents is 1. The van der Waals surface area contributed by atoms with Crippen LogP contribution in [0.3, 0.4) is 0 Å². The summed E-state index contributed by atoms with van der Waals surface area (Å²) in [6.07, 6.45) is 0. The number of carbonyl (C=O) groups is 4. The standard InChI is InChI=1S/C23H16N2O6/c1-31-23(30)14-8-11-18(19(26)12-14)24-20(27)13-6-9-15(10-7-13)25-21(28)16-4-2-3-5-17(16)22(25)29/h2-12,26H,1H3,(H,24,27). The molecule has 154 valence electrons. The van der Waals surface area contributed by atoms with E-state index in [1.54, 1.807) is 24.3 Å². The number of amides is 3. The molecular formula is C23H16N2O6. The average Bonchev–Trinajstić information content (AvgIpc) is 3.05. The van der Waals surface area contributed by atoms with Crippen molar-refractivity contribution in [3.63, 3.8) is 0 Å². The number of imide groups is 1. The van der Waals surface area contributed by atoms with Gasteiger partial charge in [-0.25, -0.2) is 9.69 Å². The highest BCUT2D eigenvalue weighted by Gasteiger charge is 2.36. The number of nitrogens with zero attached hydrogens (tertiary/aromatic N) is 1. The van der Waals surface area contributed by atoms with E-state index in [1.165, 1.54) is 49.6 Å². The van der Waals surface area contributed by atoms with Crippen molar-refractivity contribution >= 4 is 35.1 Å². The Morgan fingerprint density at radius 2 is 1.45 bits per heavy atom. The summed E-state index contributed by atoms with van der Waals surface area (Å²) in [6.45, 7) is 0. The molecule has 0 spiro atoms. The van der Waals surface area contributed by atoms with Gasteiger partial charge in [-0.2, -0.15) is 0 Å². The van der Waals surface area contributed by atoms with Gasteiger partial charge in [0.2, 0.25) is 0 Å². The first-order chi connectivity index (χ1) is 14.9. The van der Waals surface area contributed by atoms with Crippen molar-refractivity contribution in [3.05, 3.63) is 89.0 Å². The zero-order valence-corrected chi connectivity index (χ0v) is 16.3. The molecule has 8 nitrogen and oxygen atoms in total. The number of methoxy groups -OCH3 is 1. The lowest BCUT2D eigenvalue weighted by atomic mass is 10.1. The molecule has 3 amide bonds. The van der Waals surface area contributed by atoms with E-state index in [1.807, 2.05) is 0 Å². The lowest BCUT2D eigenvalue weighted by molar-refractivity contribution is 0.0600. The molecule has 0 fully saturated rings. The van der Waals surface area contributed by atoms with Crippen LogP contribution in [0, 0.1) is 0 Å². The summed E-state index contributed by atoms with van der Waals surface area (Å²) in [6, 6.07) is 16.5. The van der Waals surface area contributed by atoms with Crippen LogP contribution in [0.2, 0.25) is 0 Å². The fourth-order valence-corrected chi connectivity index (χ4v) is 3.26. The van der Waals surface area contributed by atoms with Crippen LogP contribution in [0.4, 0.5) is 11.4 Å². The van der Waals surface area contributed by atoms with E-state index in [0.29, 0.717) is 16.8 Å². The molecule has 0 bridgehead atoms. The van der Waals surface area contributed by atoms with Gasteiger partial charge < -0.3 is 15.2 Å². The monoisotopic (exact) mass is 416 g/mol. The van der Waals surface area contributed by atoms with Crippen molar-refractivity contribution in [1.29, 1.82) is 0 Å². The van der Waals surface area contributed by atoms with E-state index in [2.05, 4.69) is 10.1 Å². The number of benzene rings is 3. The van der Waals surface area contributed by atoms with Crippen LogP contribution in [0.5, 0.6) is 5.75 Å². The number of phenols is 1. The number of aromatic hydroxyl groups is 1. The number of esters is 1. The second-order valence-corrected chi connectivity index (χ2v) is 6.72. The molecule has 0 aromatic heterocycles. The third-order valence-electron chi connectivity index (χ3n) is 4.85. The van der Waals surface area contributed by atoms with Gasteiger partial charge in [0, 0.05) is 5.56 Å². The molecule has 8 heteroatoms. The van der Waals surface area contributed by atoms with Crippen molar-refractivity contribution in [1.82, 2.24) is 0 Å². The Bertz CT molecular complexity index is 1200. The molecule has 0 saturated heterocycles. The fraction of sp³-hybridized carbons (Fsp3) is 0.0435. The molecule has 0 atom stereocenters. The molecule has 0 unspecified atom stereocenters. The van der Waals surface area contributed by atoms with E-state index in [0.717, 1.165) is 4.90 Å². The Hall–Kier alpha value is -4.46. The maximum absolute atomic E-state index is 12.6. The van der Waals surface area contributed by atoms with Crippen LogP contribution >= 0.6 is 0 Å². The van der Waals surface area contributed by atoms with E-state index in [4.69, 9.17) is 0 Å². The van der Waals surface area contributed by atoms with Gasteiger partial charge >= 0.3 is 5.97 Å². The lowest BCUT2D eigenvalue weighted by Crippen LogP contribution is -2.29. The van der Waals surface area contributed by atoms with Gasteiger partial charge in [-0.3, -0.25) is 14.4 Å². The van der Waals surface area contributed by atoms with Crippen LogP contribution in [0.15, 0.2) is 66.7 Å². The molecule has 1 aliphatic heterocycles. The summed E-state index contributed by atoms with van der Waals surface area (Å²) < 4.78 is 4.58. The van der Waals surface area contributed by atoms with E-state index >= 15 is 0 Å². The Balaban J connectivity index is 1.51. The highest BCUT2D eigenvalue weighted by Crippen LogP contribution is 2.29. The smallest absolute Gasteiger partial charge is 0.337 e. The second kappa shape index (κ2) is 7.75. The summed E-state index contributed by atoms with van der Waals surface area (Å²) in [5.41, 5.74) is 1.51. The van der Waals surface area contributed by atoms with Crippen molar-refractivity contribution in [2.24, 2.45) is 0 Å². The molecule has 1 heterocycles. The third-order valence-corrected chi connectivity index (χ3v) is 4.85. The number of ether oxygens (including phenoxy) is 1. The largest absolute Gasteiger partial charge is 0.506 e. The van der Waals surface area contributed by atoms with Crippen LogP contribution in [-0.2, 0) is 4.74 Å². The normalized spacial score (nSPS) is 12.5. The minimum Gasteiger partial charge on any atom is -0.506 e. The van der Waals surface area contributed by atoms with E-state index in [-0.39, 0.29) is 22.6 Å². The molecule has 0 saturated carbocycles. The third kappa shape index (κ3) is 3.51. The topological polar surface area (TPSA) is 113 Å². The van der Waals surface area contributed by atoms with Gasteiger partial charge in [0.15, 0.2) is 0 Å². The summed E-state index contributed by atoms with van der Waals surface area (Å²) in [5.74, 6) is -2.27. The molecular weight excluding hydrogens is 400 g/mol. The quantitative estimate of drug-likeness (QED) is 0.384. The average molecular weight is 416 g/mol. The van der Waals surface area contributed by atoms with Crippen LogP contribution in [0.1, 0.15) is 41.4 Å². The molecule has 3 aromatic rings. The van der Waals surface area contributed by atoms with Crippen molar-refractivity contribution in [3.8, 4) is 5.75 Å². The molecule has 1 aliphatic rings. The van der Waals surface area contributed by atoms with Crippen LogP contribution < -0.4 is 10.2 Å². The summed E-state index contributed by atoms with van der Waals surface area (Å²) >= 11 is 0. The van der Waals surface area contributed by atoms with E-state index in [9.17, 15) is 24.3 Å². The van der Waals surface area contributed by atoms with E-state index < -0.39 is 23.7 Å². The molecule has 3 aromatic carbocycles. The number of hydrogen-bond donors (Lipinski definition) is 2. The first kappa shape index (κ1) is 19.8. The highest BCUT2D eigenvalue weighted by atomic mass is 16.5. The zero-order valence-electron chi connectivity index (χ0n) is 16.3. The van der Waals surface area contributed by atoms with Crippen molar-refractivity contribution < 1.29 is 29.0 Å². The number of hydrogen-bond acceptors (Lipinski definition) is 6. The number of rotatable bonds is 4. The predicted octanol–water partition coefficient (Wildman–Crippen LogP) is 3.23. The van der Waals surface area contributed by atoms with Gasteiger partial charge in [0.05, 0.1) is 35.2 Å². The number of carbonyl (C=O) groups excluding carboxylic acids is 4. The summed E-state index contributed by atoms with van der Waals surface area (Å²) in [7, 11) is 1.22. The molecule has 31 heavy (non-hydrogen) atoms. The highest BCUT2D eigenvalue weighted by molar-refractivity contribution is 6.34. The first-order valence-corrected chi connectivity index (χ1v) is 9.21. The van der Waals surface area contributed by atoms with Gasteiger partial charge in [-0.1, -0.05) is 12.1 Å². The van der Waals surface area contributed by atoms with Crippen LogP contribution in [0.25, 0.3) is 0 Å². The summed E-state index contributed by atoms with van der Waals surface area (Å²) in [4.78, 5) is 50.2. The van der Waals surface area contributed by atoms with Crippen molar-refractivity contribution in [2.45, 2.75) is 0 Å². The number of nitrogens with one attached hydrogen (secondary N) is 1. The predicted molar refractivity (Wildman–Crippen MR) is 111 cm³/mol. The molecule has 0 radical (unpaired) electrons. The SMILES string of the molecule is COC(=O)c1ccc(NC(=O)c2ccc(N3C(=O)c4ccccc4C3=O)cc2)c(O)c1. The Labute approximate surface area is 176 Å². The molecule has 4 rings (SSSR count). The Morgan fingerprint density at radius 1 is 0.871 bits per heavy atom. The van der Waals surface area contributed by atoms with Gasteiger partial charge in [0.1, 0.15) is 5.75 Å². The molecule has 2 N–H and O–H groups in total. The minimum atomic E-state index is -0.614. The van der Waals surface area contributed by atoms with Gasteiger partial charge in [0.25, 0.3) is 17.7 Å². The first-order valence-electron chi connectivity index (χ1n) is 9.21. The van der Waals surface area contributed by atoms with Gasteiger partial charge in [-0.15, -0.1) is 0 Å². The summed E-state index contributed by atoms with van der Waals surface area (Å²) in [5, 5.41) is 12.6. The fourth-order valence-electron chi connectivity index (χ4n) is 3.26.